The lowest BCUT2D eigenvalue weighted by Gasteiger charge is -2.09. The van der Waals surface area contributed by atoms with Gasteiger partial charge in [0.05, 0.1) is 6.33 Å². The van der Waals surface area contributed by atoms with Gasteiger partial charge in [-0.2, -0.15) is 0 Å². The molecular formula is C23H22FN5O4. The molecule has 0 bridgehead atoms. The summed E-state index contributed by atoms with van der Waals surface area (Å²) in [6.07, 6.45) is 2.21. The van der Waals surface area contributed by atoms with Gasteiger partial charge in [0.2, 0.25) is 5.91 Å². The largest absolute Gasteiger partial charge is 0.457 e. The number of aromatic nitrogens is 4. The van der Waals surface area contributed by atoms with Crippen LogP contribution in [-0.2, 0) is 25.4 Å². The van der Waals surface area contributed by atoms with E-state index in [0.717, 1.165) is 4.57 Å². The molecule has 1 N–H and O–H groups in total. The number of rotatable bonds is 7. The molecule has 4 rings (SSSR count). The van der Waals surface area contributed by atoms with Gasteiger partial charge in [-0.05, 0) is 42.8 Å². The Kier molecular flexibility index (Phi) is 6.07. The molecule has 0 aliphatic rings. The number of carbonyl (C=O) groups excluding carboxylic acids is 1. The predicted molar refractivity (Wildman–Crippen MR) is 121 cm³/mol. The Hall–Kier alpha value is -4.21. The molecule has 0 aliphatic heterocycles. The number of hydrogen-bond acceptors (Lipinski definition) is 5. The van der Waals surface area contributed by atoms with Crippen LogP contribution in [0.3, 0.4) is 0 Å². The smallest absolute Gasteiger partial charge is 0.332 e. The second-order valence-corrected chi connectivity index (χ2v) is 7.55. The van der Waals surface area contributed by atoms with Gasteiger partial charge in [-0.1, -0.05) is 6.07 Å². The molecule has 0 radical (unpaired) electrons. The third kappa shape index (κ3) is 4.69. The van der Waals surface area contributed by atoms with Crippen molar-refractivity contribution in [1.82, 2.24) is 18.7 Å². The molecule has 0 saturated heterocycles. The molecule has 2 heterocycles. The minimum absolute atomic E-state index is 0.182. The first kappa shape index (κ1) is 22.0. The van der Waals surface area contributed by atoms with E-state index in [1.54, 1.807) is 48.0 Å². The third-order valence-corrected chi connectivity index (χ3v) is 5.19. The Morgan fingerprint density at radius 1 is 1.06 bits per heavy atom. The summed E-state index contributed by atoms with van der Waals surface area (Å²) < 4.78 is 22.9. The summed E-state index contributed by atoms with van der Waals surface area (Å²) in [4.78, 5) is 41.0. The summed E-state index contributed by atoms with van der Waals surface area (Å²) >= 11 is 0. The molecule has 9 nitrogen and oxygen atoms in total. The molecule has 0 saturated carbocycles. The van der Waals surface area contributed by atoms with E-state index in [9.17, 15) is 18.8 Å². The van der Waals surface area contributed by atoms with Crippen LogP contribution in [0.15, 0.2) is 64.4 Å². The number of halogens is 1. The van der Waals surface area contributed by atoms with Crippen LogP contribution in [-0.4, -0.2) is 24.6 Å². The van der Waals surface area contributed by atoms with Crippen LogP contribution in [0.1, 0.15) is 12.8 Å². The molecule has 0 aliphatic carbocycles. The Morgan fingerprint density at radius 2 is 1.82 bits per heavy atom. The van der Waals surface area contributed by atoms with Crippen LogP contribution < -0.4 is 21.3 Å². The van der Waals surface area contributed by atoms with Gasteiger partial charge in [0.15, 0.2) is 11.2 Å². The Bertz CT molecular complexity index is 1440. The Labute approximate surface area is 187 Å². The Balaban J connectivity index is 1.34. The van der Waals surface area contributed by atoms with Crippen LogP contribution in [0.2, 0.25) is 0 Å². The SMILES string of the molecule is Cn1c(=O)c2c(ncn2CCCC(=O)Nc2ccc(Oc3cccc(F)c3)cc2)n(C)c1=O. The maximum absolute atomic E-state index is 13.3. The van der Waals surface area contributed by atoms with Crippen molar-refractivity contribution in [2.24, 2.45) is 14.1 Å². The lowest BCUT2D eigenvalue weighted by molar-refractivity contribution is -0.116. The zero-order chi connectivity index (χ0) is 23.5. The molecule has 4 aromatic rings. The lowest BCUT2D eigenvalue weighted by atomic mass is 10.2. The van der Waals surface area contributed by atoms with Gasteiger partial charge in [0, 0.05) is 38.8 Å². The van der Waals surface area contributed by atoms with E-state index in [-0.39, 0.29) is 18.1 Å². The zero-order valence-corrected chi connectivity index (χ0v) is 18.1. The molecule has 10 heteroatoms. The van der Waals surface area contributed by atoms with Crippen LogP contribution in [0.25, 0.3) is 11.2 Å². The molecule has 1 amide bonds. The highest BCUT2D eigenvalue weighted by Gasteiger charge is 2.14. The quantitative estimate of drug-likeness (QED) is 0.466. The van der Waals surface area contributed by atoms with Crippen molar-refractivity contribution in [3.63, 3.8) is 0 Å². The molecule has 33 heavy (non-hydrogen) atoms. The number of amides is 1. The first-order chi connectivity index (χ1) is 15.8. The fourth-order valence-electron chi connectivity index (χ4n) is 3.47. The number of hydrogen-bond donors (Lipinski definition) is 1. The van der Waals surface area contributed by atoms with E-state index in [2.05, 4.69) is 10.3 Å². The van der Waals surface area contributed by atoms with Gasteiger partial charge < -0.3 is 14.6 Å². The summed E-state index contributed by atoms with van der Waals surface area (Å²) in [5.74, 6) is 0.332. The number of imidazole rings is 1. The minimum Gasteiger partial charge on any atom is -0.457 e. The topological polar surface area (TPSA) is 100 Å². The molecule has 2 aromatic carbocycles. The van der Waals surface area contributed by atoms with Crippen molar-refractivity contribution >= 4 is 22.8 Å². The minimum atomic E-state index is -0.440. The van der Waals surface area contributed by atoms with Crippen molar-refractivity contribution in [1.29, 1.82) is 0 Å². The average molecular weight is 451 g/mol. The highest BCUT2D eigenvalue weighted by Crippen LogP contribution is 2.23. The maximum Gasteiger partial charge on any atom is 0.332 e. The molecule has 0 atom stereocenters. The molecule has 170 valence electrons. The number of anilines is 1. The van der Waals surface area contributed by atoms with Gasteiger partial charge in [0.1, 0.15) is 17.3 Å². The molecule has 0 spiro atoms. The normalized spacial score (nSPS) is 11.0. The summed E-state index contributed by atoms with van der Waals surface area (Å²) in [6.45, 7) is 0.401. The number of nitrogens with zero attached hydrogens (tertiary/aromatic N) is 4. The van der Waals surface area contributed by atoms with Gasteiger partial charge in [-0.3, -0.25) is 18.7 Å². The van der Waals surface area contributed by atoms with Crippen LogP contribution in [0.4, 0.5) is 10.1 Å². The highest BCUT2D eigenvalue weighted by molar-refractivity contribution is 5.90. The van der Waals surface area contributed by atoms with E-state index in [1.165, 1.54) is 30.1 Å². The number of benzene rings is 2. The first-order valence-corrected chi connectivity index (χ1v) is 10.3. The molecule has 0 fully saturated rings. The van der Waals surface area contributed by atoms with Crippen molar-refractivity contribution in [2.75, 3.05) is 5.32 Å². The van der Waals surface area contributed by atoms with E-state index in [0.29, 0.717) is 41.3 Å². The van der Waals surface area contributed by atoms with Gasteiger partial charge in [-0.25, -0.2) is 14.2 Å². The molecule has 0 unspecified atom stereocenters. The fourth-order valence-corrected chi connectivity index (χ4v) is 3.47. The van der Waals surface area contributed by atoms with E-state index >= 15 is 0 Å². The van der Waals surface area contributed by atoms with Crippen molar-refractivity contribution in [2.45, 2.75) is 19.4 Å². The maximum atomic E-state index is 13.3. The van der Waals surface area contributed by atoms with E-state index in [1.807, 2.05) is 0 Å². The summed E-state index contributed by atoms with van der Waals surface area (Å²) in [6, 6.07) is 12.6. The van der Waals surface area contributed by atoms with Crippen LogP contribution in [0.5, 0.6) is 11.5 Å². The van der Waals surface area contributed by atoms with Gasteiger partial charge in [0.25, 0.3) is 5.56 Å². The van der Waals surface area contributed by atoms with Crippen molar-refractivity contribution in [3.8, 4) is 11.5 Å². The number of nitrogens with one attached hydrogen (secondary N) is 1. The molecular weight excluding hydrogens is 429 g/mol. The van der Waals surface area contributed by atoms with Crippen molar-refractivity contribution < 1.29 is 13.9 Å². The van der Waals surface area contributed by atoms with Crippen LogP contribution >= 0.6 is 0 Å². The lowest BCUT2D eigenvalue weighted by Crippen LogP contribution is -2.37. The molecule has 2 aromatic heterocycles. The Morgan fingerprint density at radius 3 is 2.55 bits per heavy atom. The van der Waals surface area contributed by atoms with E-state index in [4.69, 9.17) is 4.74 Å². The zero-order valence-electron chi connectivity index (χ0n) is 18.1. The van der Waals surface area contributed by atoms with Gasteiger partial charge in [-0.15, -0.1) is 0 Å². The number of aryl methyl sites for hydroxylation is 2. The van der Waals surface area contributed by atoms with Crippen LogP contribution in [0, 0.1) is 5.82 Å². The summed E-state index contributed by atoms with van der Waals surface area (Å²) in [7, 11) is 2.98. The third-order valence-electron chi connectivity index (χ3n) is 5.19. The second kappa shape index (κ2) is 9.11. The number of carbonyl (C=O) groups is 1. The fraction of sp³-hybridized carbons (Fsp3) is 0.217. The van der Waals surface area contributed by atoms with E-state index < -0.39 is 11.2 Å². The number of ether oxygens (including phenoxy) is 1. The second-order valence-electron chi connectivity index (χ2n) is 7.55. The van der Waals surface area contributed by atoms with Crippen molar-refractivity contribution in [3.05, 3.63) is 81.5 Å². The predicted octanol–water partition coefficient (Wildman–Crippen LogP) is 2.78. The summed E-state index contributed by atoms with van der Waals surface area (Å²) in [5, 5.41) is 2.81. The number of fused-ring (bicyclic) bond motifs is 1. The average Bonchev–Trinajstić information content (AvgIpc) is 3.22. The highest BCUT2D eigenvalue weighted by atomic mass is 19.1. The summed E-state index contributed by atoms with van der Waals surface area (Å²) in [5.41, 5.74) is 0.380. The monoisotopic (exact) mass is 451 g/mol. The standard InChI is InChI=1S/C23H22FN5O4/c1-27-21-20(22(31)28(2)23(27)32)29(14-25-21)12-4-7-19(30)26-16-8-10-17(11-9-16)33-18-6-3-5-15(24)13-18/h3,5-6,8-11,13-14H,4,7,12H2,1-2H3,(H,26,30). The van der Waals surface area contributed by atoms with Gasteiger partial charge >= 0.3 is 5.69 Å². The first-order valence-electron chi connectivity index (χ1n) is 10.3.